The van der Waals surface area contributed by atoms with Gasteiger partial charge in [-0.25, -0.2) is 0 Å². The van der Waals surface area contributed by atoms with Gasteiger partial charge in [0.05, 0.1) is 0 Å². The normalized spacial score (nSPS) is 44.1. The minimum atomic E-state index is -0.102. The summed E-state index contributed by atoms with van der Waals surface area (Å²) < 4.78 is 0. The summed E-state index contributed by atoms with van der Waals surface area (Å²) in [5, 5.41) is 0. The van der Waals surface area contributed by atoms with E-state index in [-0.39, 0.29) is 10.8 Å². The summed E-state index contributed by atoms with van der Waals surface area (Å²) in [5.41, 5.74) is 0.935. The smallest absolute Gasteiger partial charge is 0.164 e. The van der Waals surface area contributed by atoms with Crippen molar-refractivity contribution in [3.8, 4) is 0 Å². The molecule has 2 saturated carbocycles. The third kappa shape index (κ3) is 0.562. The molecule has 0 N–H and O–H groups in total. The Labute approximate surface area is 73.8 Å². The van der Waals surface area contributed by atoms with Crippen molar-refractivity contribution in [1.82, 2.24) is 0 Å². The van der Waals surface area contributed by atoms with Gasteiger partial charge in [0.25, 0.3) is 0 Å². The van der Waals surface area contributed by atoms with Gasteiger partial charge in [0.15, 0.2) is 5.78 Å². The molecule has 0 heterocycles. The molecule has 0 saturated heterocycles. The standard InChI is InChI=1S/C11H16O/c1-7-8-5-6-11(4,9(7)12)10(8,2)3/h8H,1,5-6H2,2-4H3/t8-,11-/m1/s1. The SMILES string of the molecule is C=C1C(=O)[C@@]2(C)CC[C@H]1C2(C)C. The van der Waals surface area contributed by atoms with E-state index in [4.69, 9.17) is 0 Å². The van der Waals surface area contributed by atoms with Crippen LogP contribution in [0.1, 0.15) is 33.6 Å². The molecular weight excluding hydrogens is 148 g/mol. The zero-order valence-corrected chi connectivity index (χ0v) is 8.11. The van der Waals surface area contributed by atoms with E-state index in [9.17, 15) is 4.79 Å². The maximum Gasteiger partial charge on any atom is 0.164 e. The lowest BCUT2D eigenvalue weighted by molar-refractivity contribution is -0.125. The van der Waals surface area contributed by atoms with Crippen LogP contribution in [-0.2, 0) is 4.79 Å². The first-order valence-corrected chi connectivity index (χ1v) is 4.65. The summed E-state index contributed by atoms with van der Waals surface area (Å²) in [7, 11) is 0. The number of allylic oxidation sites excluding steroid dienone is 1. The third-order valence-corrected chi connectivity index (χ3v) is 4.44. The van der Waals surface area contributed by atoms with E-state index >= 15 is 0 Å². The molecule has 0 aliphatic heterocycles. The second kappa shape index (κ2) is 1.84. The predicted octanol–water partition coefficient (Wildman–Crippen LogP) is 2.57. The quantitative estimate of drug-likeness (QED) is 0.503. The largest absolute Gasteiger partial charge is 0.294 e. The molecule has 2 aliphatic carbocycles. The zero-order valence-electron chi connectivity index (χ0n) is 8.11. The van der Waals surface area contributed by atoms with Crippen molar-refractivity contribution < 1.29 is 4.79 Å². The predicted molar refractivity (Wildman–Crippen MR) is 48.8 cm³/mol. The average molecular weight is 164 g/mol. The fourth-order valence-corrected chi connectivity index (χ4v) is 3.03. The van der Waals surface area contributed by atoms with Crippen molar-refractivity contribution in [2.24, 2.45) is 16.7 Å². The fourth-order valence-electron chi connectivity index (χ4n) is 3.03. The van der Waals surface area contributed by atoms with E-state index in [1.54, 1.807) is 0 Å². The number of rotatable bonds is 0. The Balaban J connectivity index is 2.58. The van der Waals surface area contributed by atoms with Gasteiger partial charge < -0.3 is 0 Å². The van der Waals surface area contributed by atoms with Crippen molar-refractivity contribution in [3.63, 3.8) is 0 Å². The molecule has 0 aromatic carbocycles. The number of hydrogen-bond acceptors (Lipinski definition) is 1. The van der Waals surface area contributed by atoms with Crippen molar-refractivity contribution >= 4 is 5.78 Å². The summed E-state index contributed by atoms with van der Waals surface area (Å²) in [6.45, 7) is 10.4. The highest BCUT2D eigenvalue weighted by atomic mass is 16.1. The third-order valence-electron chi connectivity index (χ3n) is 4.44. The van der Waals surface area contributed by atoms with Crippen LogP contribution in [0.2, 0.25) is 0 Å². The molecule has 2 fully saturated rings. The lowest BCUT2D eigenvalue weighted by Gasteiger charge is -2.31. The monoisotopic (exact) mass is 164 g/mol. The van der Waals surface area contributed by atoms with Gasteiger partial charge in [-0.05, 0) is 29.7 Å². The fraction of sp³-hybridized carbons (Fsp3) is 0.727. The minimum Gasteiger partial charge on any atom is -0.294 e. The van der Waals surface area contributed by atoms with Crippen LogP contribution in [0.25, 0.3) is 0 Å². The first kappa shape index (κ1) is 8.03. The number of Topliss-reactive ketones (excluding diaryl/α,β-unsaturated/α-hetero) is 1. The van der Waals surface area contributed by atoms with Crippen LogP contribution >= 0.6 is 0 Å². The van der Waals surface area contributed by atoms with Crippen molar-refractivity contribution in [2.45, 2.75) is 33.6 Å². The molecule has 1 heteroatoms. The Morgan fingerprint density at radius 2 is 2.00 bits per heavy atom. The first-order valence-electron chi connectivity index (χ1n) is 4.65. The molecule has 0 spiro atoms. The highest BCUT2D eigenvalue weighted by molar-refractivity contribution is 6.04. The molecule has 0 unspecified atom stereocenters. The molecule has 2 rings (SSSR count). The van der Waals surface area contributed by atoms with Gasteiger partial charge in [0.1, 0.15) is 0 Å². The van der Waals surface area contributed by atoms with Gasteiger partial charge in [0, 0.05) is 5.41 Å². The van der Waals surface area contributed by atoms with Crippen LogP contribution < -0.4 is 0 Å². The Morgan fingerprint density at radius 3 is 2.25 bits per heavy atom. The summed E-state index contributed by atoms with van der Waals surface area (Å²) in [5.74, 6) is 0.777. The van der Waals surface area contributed by atoms with E-state index in [0.717, 1.165) is 18.4 Å². The zero-order chi connectivity index (χ0) is 9.15. The van der Waals surface area contributed by atoms with Gasteiger partial charge in [0.2, 0.25) is 0 Å². The summed E-state index contributed by atoms with van der Waals surface area (Å²) in [6.07, 6.45) is 2.22. The van der Waals surface area contributed by atoms with Gasteiger partial charge >= 0.3 is 0 Å². The van der Waals surface area contributed by atoms with Crippen LogP contribution in [0.4, 0.5) is 0 Å². The second-order valence-electron chi connectivity index (χ2n) is 5.00. The summed E-state index contributed by atoms with van der Waals surface area (Å²) >= 11 is 0. The first-order chi connectivity index (χ1) is 5.41. The summed E-state index contributed by atoms with van der Waals surface area (Å²) in [4.78, 5) is 11.8. The maximum absolute atomic E-state index is 11.8. The van der Waals surface area contributed by atoms with Crippen LogP contribution in [0.15, 0.2) is 12.2 Å². The van der Waals surface area contributed by atoms with Crippen LogP contribution in [0.3, 0.4) is 0 Å². The van der Waals surface area contributed by atoms with E-state index in [1.807, 2.05) is 0 Å². The molecule has 0 amide bonds. The van der Waals surface area contributed by atoms with Gasteiger partial charge in [-0.3, -0.25) is 4.79 Å². The molecule has 1 nitrogen and oxygen atoms in total. The van der Waals surface area contributed by atoms with Crippen molar-refractivity contribution in [2.75, 3.05) is 0 Å². The molecule has 0 aromatic rings. The highest BCUT2D eigenvalue weighted by Gasteiger charge is 2.63. The van der Waals surface area contributed by atoms with Gasteiger partial charge in [-0.15, -0.1) is 0 Å². The molecule has 0 radical (unpaired) electrons. The van der Waals surface area contributed by atoms with E-state index in [1.165, 1.54) is 0 Å². The minimum absolute atomic E-state index is 0.102. The van der Waals surface area contributed by atoms with Crippen LogP contribution in [-0.4, -0.2) is 5.78 Å². The second-order valence-corrected chi connectivity index (χ2v) is 5.00. The van der Waals surface area contributed by atoms with Crippen molar-refractivity contribution in [3.05, 3.63) is 12.2 Å². The molecule has 2 atom stereocenters. The average Bonchev–Trinajstić information content (AvgIpc) is 2.26. The van der Waals surface area contributed by atoms with Crippen LogP contribution in [0, 0.1) is 16.7 Å². The van der Waals surface area contributed by atoms with E-state index < -0.39 is 0 Å². The highest BCUT2D eigenvalue weighted by Crippen LogP contribution is 2.65. The Bertz CT molecular complexity index is 275. The molecule has 2 bridgehead atoms. The molecule has 12 heavy (non-hydrogen) atoms. The van der Waals surface area contributed by atoms with Gasteiger partial charge in [-0.2, -0.15) is 0 Å². The molecule has 0 aromatic heterocycles. The lowest BCUT2D eigenvalue weighted by atomic mass is 9.70. The van der Waals surface area contributed by atoms with E-state index in [2.05, 4.69) is 27.4 Å². The van der Waals surface area contributed by atoms with Gasteiger partial charge in [-0.1, -0.05) is 27.4 Å². The number of carbonyl (C=O) groups is 1. The lowest BCUT2D eigenvalue weighted by Crippen LogP contribution is -2.32. The Hall–Kier alpha value is -0.590. The summed E-state index contributed by atoms with van der Waals surface area (Å²) in [6, 6.07) is 0. The number of hydrogen-bond donors (Lipinski definition) is 0. The topological polar surface area (TPSA) is 17.1 Å². The van der Waals surface area contributed by atoms with Crippen molar-refractivity contribution in [1.29, 1.82) is 0 Å². The number of fused-ring (bicyclic) bond motifs is 2. The van der Waals surface area contributed by atoms with Crippen LogP contribution in [0.5, 0.6) is 0 Å². The molecule has 66 valence electrons. The number of ketones is 1. The van der Waals surface area contributed by atoms with E-state index in [0.29, 0.717) is 11.7 Å². The molecule has 2 aliphatic rings. The maximum atomic E-state index is 11.8. The Kier molecular flexibility index (Phi) is 1.23. The number of carbonyl (C=O) groups excluding carboxylic acids is 1. The Morgan fingerprint density at radius 1 is 1.42 bits per heavy atom. The molecular formula is C11H16O.